The molecule has 0 spiro atoms. The maximum Gasteiger partial charge on any atom is 0.233 e. The Hall–Kier alpha value is -0.570. The Morgan fingerprint density at radius 1 is 1.31 bits per heavy atom. The number of carbonyl (C=O) groups excluding carboxylic acids is 1. The van der Waals surface area contributed by atoms with Gasteiger partial charge in [-0.05, 0) is 19.3 Å². The third-order valence-corrected chi connectivity index (χ3v) is 4.33. The minimum Gasteiger partial charge on any atom is -0.379 e. The van der Waals surface area contributed by atoms with Gasteiger partial charge in [0.25, 0.3) is 0 Å². The van der Waals surface area contributed by atoms with Crippen LogP contribution in [0.25, 0.3) is 0 Å². The van der Waals surface area contributed by atoms with E-state index in [1.807, 2.05) is 11.9 Å². The van der Waals surface area contributed by atoms with E-state index in [9.17, 15) is 4.79 Å². The molecule has 2 fully saturated rings. The van der Waals surface area contributed by atoms with Crippen molar-refractivity contribution in [1.82, 2.24) is 4.90 Å². The standard InChI is InChI=1S/C13H23NO2/c1-3-13(9-16-10-13)12(15)14(2)11-7-5-4-6-8-11/h11H,3-10H2,1-2H3. The molecule has 1 saturated heterocycles. The fraction of sp³-hybridized carbons (Fsp3) is 0.923. The number of amides is 1. The first-order valence-corrected chi connectivity index (χ1v) is 6.54. The summed E-state index contributed by atoms with van der Waals surface area (Å²) in [6.07, 6.45) is 7.16. The van der Waals surface area contributed by atoms with E-state index in [0.29, 0.717) is 25.2 Å². The zero-order chi connectivity index (χ0) is 11.6. The Labute approximate surface area is 98.1 Å². The van der Waals surface area contributed by atoms with Crippen LogP contribution in [0.5, 0.6) is 0 Å². The molecule has 1 aliphatic carbocycles. The predicted octanol–water partition coefficient (Wildman–Crippen LogP) is 2.20. The highest BCUT2D eigenvalue weighted by Gasteiger charge is 2.46. The van der Waals surface area contributed by atoms with Crippen LogP contribution in [0, 0.1) is 5.41 Å². The zero-order valence-corrected chi connectivity index (χ0v) is 10.5. The molecule has 3 nitrogen and oxygen atoms in total. The zero-order valence-electron chi connectivity index (χ0n) is 10.5. The summed E-state index contributed by atoms with van der Waals surface area (Å²) in [4.78, 5) is 14.4. The second kappa shape index (κ2) is 4.74. The summed E-state index contributed by atoms with van der Waals surface area (Å²) in [5.74, 6) is 0.313. The predicted molar refractivity (Wildman–Crippen MR) is 63.2 cm³/mol. The molecule has 2 aliphatic rings. The fourth-order valence-corrected chi connectivity index (χ4v) is 2.84. The van der Waals surface area contributed by atoms with Crippen LogP contribution in [0.2, 0.25) is 0 Å². The van der Waals surface area contributed by atoms with Gasteiger partial charge in [0.2, 0.25) is 5.91 Å². The van der Waals surface area contributed by atoms with Crippen molar-refractivity contribution in [3.05, 3.63) is 0 Å². The molecule has 0 unspecified atom stereocenters. The summed E-state index contributed by atoms with van der Waals surface area (Å²) < 4.78 is 5.24. The molecule has 0 aromatic carbocycles. The van der Waals surface area contributed by atoms with Crippen molar-refractivity contribution in [3.8, 4) is 0 Å². The van der Waals surface area contributed by atoms with Crippen molar-refractivity contribution in [2.24, 2.45) is 5.41 Å². The lowest BCUT2D eigenvalue weighted by Crippen LogP contribution is -2.56. The smallest absolute Gasteiger partial charge is 0.233 e. The van der Waals surface area contributed by atoms with Crippen LogP contribution in [0.15, 0.2) is 0 Å². The van der Waals surface area contributed by atoms with Crippen molar-refractivity contribution in [3.63, 3.8) is 0 Å². The number of rotatable bonds is 3. The minimum atomic E-state index is -0.188. The van der Waals surface area contributed by atoms with Gasteiger partial charge in [0.15, 0.2) is 0 Å². The van der Waals surface area contributed by atoms with Crippen LogP contribution in [-0.2, 0) is 9.53 Å². The maximum atomic E-state index is 12.4. The highest BCUT2D eigenvalue weighted by atomic mass is 16.5. The second-order valence-corrected chi connectivity index (χ2v) is 5.33. The van der Waals surface area contributed by atoms with E-state index < -0.39 is 0 Å². The van der Waals surface area contributed by atoms with Crippen LogP contribution in [0.1, 0.15) is 45.4 Å². The Morgan fingerprint density at radius 3 is 2.38 bits per heavy atom. The SMILES string of the molecule is CCC1(C(=O)N(C)C2CCCCC2)COC1. The molecule has 0 radical (unpaired) electrons. The third-order valence-electron chi connectivity index (χ3n) is 4.33. The third kappa shape index (κ3) is 1.97. The molecule has 0 bridgehead atoms. The van der Waals surface area contributed by atoms with Gasteiger partial charge in [-0.2, -0.15) is 0 Å². The summed E-state index contributed by atoms with van der Waals surface area (Å²) in [7, 11) is 1.98. The van der Waals surface area contributed by atoms with E-state index in [1.54, 1.807) is 0 Å². The van der Waals surface area contributed by atoms with Gasteiger partial charge in [-0.3, -0.25) is 4.79 Å². The van der Waals surface area contributed by atoms with Crippen LogP contribution in [0.4, 0.5) is 0 Å². The maximum absolute atomic E-state index is 12.4. The summed E-state index contributed by atoms with van der Waals surface area (Å²) in [6.45, 7) is 3.34. The lowest BCUT2D eigenvalue weighted by Gasteiger charge is -2.44. The van der Waals surface area contributed by atoms with Gasteiger partial charge in [0, 0.05) is 13.1 Å². The minimum absolute atomic E-state index is 0.188. The van der Waals surface area contributed by atoms with Crippen LogP contribution in [0.3, 0.4) is 0 Å². The van der Waals surface area contributed by atoms with E-state index in [1.165, 1.54) is 32.1 Å². The van der Waals surface area contributed by atoms with Gasteiger partial charge in [-0.15, -0.1) is 0 Å². The monoisotopic (exact) mass is 225 g/mol. The lowest BCUT2D eigenvalue weighted by atomic mass is 9.80. The molecule has 0 aromatic heterocycles. The molecule has 0 aromatic rings. The molecule has 1 saturated carbocycles. The van der Waals surface area contributed by atoms with Crippen LogP contribution >= 0.6 is 0 Å². The fourth-order valence-electron chi connectivity index (χ4n) is 2.84. The largest absolute Gasteiger partial charge is 0.379 e. The molecule has 1 amide bonds. The van der Waals surface area contributed by atoms with Gasteiger partial charge in [-0.1, -0.05) is 26.2 Å². The van der Waals surface area contributed by atoms with Crippen LogP contribution in [-0.4, -0.2) is 37.1 Å². The van der Waals surface area contributed by atoms with E-state index in [4.69, 9.17) is 4.74 Å². The van der Waals surface area contributed by atoms with Gasteiger partial charge in [0.05, 0.1) is 18.6 Å². The number of carbonyl (C=O) groups is 1. The molecular weight excluding hydrogens is 202 g/mol. The molecule has 1 aliphatic heterocycles. The highest BCUT2D eigenvalue weighted by Crippen LogP contribution is 2.35. The van der Waals surface area contributed by atoms with Crippen LogP contribution < -0.4 is 0 Å². The number of ether oxygens (including phenoxy) is 1. The van der Waals surface area contributed by atoms with Gasteiger partial charge < -0.3 is 9.64 Å². The van der Waals surface area contributed by atoms with Gasteiger partial charge in [0.1, 0.15) is 0 Å². The lowest BCUT2D eigenvalue weighted by molar-refractivity contribution is -0.174. The van der Waals surface area contributed by atoms with Crippen molar-refractivity contribution >= 4 is 5.91 Å². The van der Waals surface area contributed by atoms with Crippen molar-refractivity contribution < 1.29 is 9.53 Å². The molecule has 92 valence electrons. The summed E-state index contributed by atoms with van der Waals surface area (Å²) >= 11 is 0. The average Bonchev–Trinajstić information content (AvgIpc) is 2.28. The highest BCUT2D eigenvalue weighted by molar-refractivity contribution is 5.83. The number of nitrogens with zero attached hydrogens (tertiary/aromatic N) is 1. The first-order valence-electron chi connectivity index (χ1n) is 6.54. The molecule has 2 rings (SSSR count). The normalized spacial score (nSPS) is 24.9. The summed E-state index contributed by atoms with van der Waals surface area (Å²) in [5.41, 5.74) is -0.188. The first kappa shape index (κ1) is 11.9. The molecule has 16 heavy (non-hydrogen) atoms. The Bertz CT molecular complexity index is 249. The van der Waals surface area contributed by atoms with Gasteiger partial charge in [-0.25, -0.2) is 0 Å². The summed E-state index contributed by atoms with van der Waals surface area (Å²) in [6, 6.07) is 0.477. The first-order chi connectivity index (χ1) is 7.69. The molecule has 0 atom stereocenters. The molecule has 1 heterocycles. The van der Waals surface area contributed by atoms with E-state index >= 15 is 0 Å². The molecule has 0 N–H and O–H groups in total. The molecule has 3 heteroatoms. The number of hydrogen-bond donors (Lipinski definition) is 0. The Morgan fingerprint density at radius 2 is 1.94 bits per heavy atom. The Balaban J connectivity index is 1.97. The topological polar surface area (TPSA) is 29.5 Å². The van der Waals surface area contributed by atoms with Gasteiger partial charge >= 0.3 is 0 Å². The Kier molecular flexibility index (Phi) is 3.53. The average molecular weight is 225 g/mol. The van der Waals surface area contributed by atoms with E-state index in [0.717, 1.165) is 6.42 Å². The van der Waals surface area contributed by atoms with E-state index in [-0.39, 0.29) is 5.41 Å². The van der Waals surface area contributed by atoms with Crippen molar-refractivity contribution in [2.45, 2.75) is 51.5 Å². The van der Waals surface area contributed by atoms with E-state index in [2.05, 4.69) is 6.92 Å². The van der Waals surface area contributed by atoms with Crippen molar-refractivity contribution in [1.29, 1.82) is 0 Å². The second-order valence-electron chi connectivity index (χ2n) is 5.33. The molecular formula is C13H23NO2. The summed E-state index contributed by atoms with van der Waals surface area (Å²) in [5, 5.41) is 0. The quantitative estimate of drug-likeness (QED) is 0.737. The van der Waals surface area contributed by atoms with Crippen molar-refractivity contribution in [2.75, 3.05) is 20.3 Å². The number of hydrogen-bond acceptors (Lipinski definition) is 2.